The van der Waals surface area contributed by atoms with Crippen LogP contribution < -0.4 is 10.6 Å². The molecule has 8 aromatic carbocycles. The highest BCUT2D eigenvalue weighted by atomic mass is 15.3. The second-order valence-electron chi connectivity index (χ2n) is 12.8. The summed E-state index contributed by atoms with van der Waals surface area (Å²) in [5.74, 6) is 0.865. The van der Waals surface area contributed by atoms with Gasteiger partial charge >= 0.3 is 0 Å². The summed E-state index contributed by atoms with van der Waals surface area (Å²) in [5, 5.41) is 12.7. The second kappa shape index (κ2) is 13.0. The number of nitrogens with zero attached hydrogens (tertiary/aromatic N) is 1. The Morgan fingerprint density at radius 1 is 0.380 bits per heavy atom. The van der Waals surface area contributed by atoms with Crippen LogP contribution >= 0.6 is 0 Å². The van der Waals surface area contributed by atoms with Gasteiger partial charge in [0, 0.05) is 5.56 Å². The topological polar surface area (TPSA) is 36.4 Å². The maximum atomic E-state index is 5.33. The minimum Gasteiger partial charge on any atom is -0.350 e. The van der Waals surface area contributed by atoms with Gasteiger partial charge < -0.3 is 5.32 Å². The van der Waals surface area contributed by atoms with Crippen molar-refractivity contribution in [3.8, 4) is 33.4 Å². The number of hydrogen-bond donors (Lipinski definition) is 2. The van der Waals surface area contributed by atoms with Crippen molar-refractivity contribution in [1.82, 2.24) is 10.6 Å². The molecule has 50 heavy (non-hydrogen) atoms. The molecular weight excluding hydrogens is 607 g/mol. The van der Waals surface area contributed by atoms with Crippen LogP contribution in [0.2, 0.25) is 0 Å². The molecule has 1 heterocycles. The molecule has 0 radical (unpaired) electrons. The SMILES string of the molecule is c1ccc(C2=NC(c3ccccc3-c3ccccc3)NC(c3ccc(-c4cccc5ccccc45)cc3-c3cccc4ccccc34)N2)cc1. The van der Waals surface area contributed by atoms with Gasteiger partial charge in [0.2, 0.25) is 0 Å². The number of benzene rings is 8. The van der Waals surface area contributed by atoms with E-state index in [1.54, 1.807) is 0 Å². The van der Waals surface area contributed by atoms with Crippen LogP contribution in [0.3, 0.4) is 0 Å². The smallest absolute Gasteiger partial charge is 0.131 e. The Balaban J connectivity index is 1.24. The van der Waals surface area contributed by atoms with E-state index in [1.165, 1.54) is 54.9 Å². The summed E-state index contributed by atoms with van der Waals surface area (Å²) in [6, 6.07) is 67.1. The summed E-state index contributed by atoms with van der Waals surface area (Å²) in [7, 11) is 0. The minimum absolute atomic E-state index is 0.230. The molecule has 0 bridgehead atoms. The number of aliphatic imine (C=N–C) groups is 1. The Morgan fingerprint density at radius 3 is 1.68 bits per heavy atom. The summed E-state index contributed by atoms with van der Waals surface area (Å²) in [6.07, 6.45) is -0.516. The molecule has 2 unspecified atom stereocenters. The highest BCUT2D eigenvalue weighted by Gasteiger charge is 2.29. The lowest BCUT2D eigenvalue weighted by Gasteiger charge is -2.34. The molecule has 3 heteroatoms. The Labute approximate surface area is 292 Å². The first-order chi connectivity index (χ1) is 24.8. The van der Waals surface area contributed by atoms with Gasteiger partial charge in [0.15, 0.2) is 0 Å². The van der Waals surface area contributed by atoms with Gasteiger partial charge in [-0.1, -0.05) is 182 Å². The van der Waals surface area contributed by atoms with E-state index in [4.69, 9.17) is 4.99 Å². The summed E-state index contributed by atoms with van der Waals surface area (Å²) < 4.78 is 0. The first-order valence-corrected chi connectivity index (χ1v) is 17.2. The average Bonchev–Trinajstić information content (AvgIpc) is 3.20. The molecule has 0 aliphatic carbocycles. The van der Waals surface area contributed by atoms with Crippen LogP contribution in [-0.2, 0) is 0 Å². The zero-order valence-electron chi connectivity index (χ0n) is 27.5. The van der Waals surface area contributed by atoms with Crippen LogP contribution in [0.1, 0.15) is 29.0 Å². The van der Waals surface area contributed by atoms with E-state index in [9.17, 15) is 0 Å². The molecule has 0 aromatic heterocycles. The summed E-state index contributed by atoms with van der Waals surface area (Å²) in [5.41, 5.74) is 10.5. The van der Waals surface area contributed by atoms with Crippen LogP contribution in [-0.4, -0.2) is 5.84 Å². The fraction of sp³-hybridized carbons (Fsp3) is 0.0426. The van der Waals surface area contributed by atoms with Gasteiger partial charge in [0.05, 0.1) is 0 Å². The van der Waals surface area contributed by atoms with Crippen molar-refractivity contribution in [2.45, 2.75) is 12.3 Å². The average molecular weight is 642 g/mol. The van der Waals surface area contributed by atoms with E-state index in [-0.39, 0.29) is 12.3 Å². The van der Waals surface area contributed by atoms with Gasteiger partial charge in [0.1, 0.15) is 18.2 Å². The lowest BCUT2D eigenvalue weighted by molar-refractivity contribution is 0.410. The Hall–Kier alpha value is -6.29. The maximum Gasteiger partial charge on any atom is 0.131 e. The van der Waals surface area contributed by atoms with Crippen LogP contribution in [0.5, 0.6) is 0 Å². The lowest BCUT2D eigenvalue weighted by atomic mass is 9.89. The molecule has 0 saturated carbocycles. The van der Waals surface area contributed by atoms with E-state index in [1.807, 2.05) is 0 Å². The minimum atomic E-state index is -0.286. The lowest BCUT2D eigenvalue weighted by Crippen LogP contribution is -2.45. The molecule has 0 saturated heterocycles. The molecule has 2 atom stereocenters. The maximum absolute atomic E-state index is 5.33. The van der Waals surface area contributed by atoms with Gasteiger partial charge in [-0.05, 0) is 72.1 Å². The Kier molecular flexibility index (Phi) is 7.73. The number of amidine groups is 1. The largest absolute Gasteiger partial charge is 0.350 e. The number of nitrogens with one attached hydrogen (secondary N) is 2. The van der Waals surface area contributed by atoms with Gasteiger partial charge in [-0.15, -0.1) is 0 Å². The van der Waals surface area contributed by atoms with Gasteiger partial charge in [-0.25, -0.2) is 4.99 Å². The van der Waals surface area contributed by atoms with Gasteiger partial charge in [-0.3, -0.25) is 5.32 Å². The second-order valence-corrected chi connectivity index (χ2v) is 12.8. The van der Waals surface area contributed by atoms with E-state index < -0.39 is 0 Å². The monoisotopic (exact) mass is 641 g/mol. The third-order valence-corrected chi connectivity index (χ3v) is 9.80. The predicted molar refractivity (Wildman–Crippen MR) is 209 cm³/mol. The highest BCUT2D eigenvalue weighted by Crippen LogP contribution is 2.40. The predicted octanol–water partition coefficient (Wildman–Crippen LogP) is 11.3. The van der Waals surface area contributed by atoms with Crippen LogP contribution in [0.4, 0.5) is 0 Å². The van der Waals surface area contributed by atoms with E-state index >= 15 is 0 Å². The number of hydrogen-bond acceptors (Lipinski definition) is 3. The van der Waals surface area contributed by atoms with Crippen LogP contribution in [0, 0.1) is 0 Å². The molecule has 9 rings (SSSR count). The third-order valence-electron chi connectivity index (χ3n) is 9.80. The van der Waals surface area contributed by atoms with Gasteiger partial charge in [0.25, 0.3) is 0 Å². The molecular formula is C47H35N3. The molecule has 1 aliphatic heterocycles. The van der Waals surface area contributed by atoms with E-state index in [0.29, 0.717) is 0 Å². The number of fused-ring (bicyclic) bond motifs is 2. The molecule has 0 spiro atoms. The van der Waals surface area contributed by atoms with Crippen molar-refractivity contribution in [1.29, 1.82) is 0 Å². The van der Waals surface area contributed by atoms with Crippen LogP contribution in [0.15, 0.2) is 193 Å². The van der Waals surface area contributed by atoms with E-state index in [2.05, 4.69) is 199 Å². The quantitative estimate of drug-likeness (QED) is 0.190. The summed E-state index contributed by atoms with van der Waals surface area (Å²) in [4.78, 5) is 5.33. The highest BCUT2D eigenvalue weighted by molar-refractivity contribution is 6.02. The molecule has 0 fully saturated rings. The van der Waals surface area contributed by atoms with Gasteiger partial charge in [-0.2, -0.15) is 0 Å². The first-order valence-electron chi connectivity index (χ1n) is 17.2. The fourth-order valence-corrected chi connectivity index (χ4v) is 7.38. The standard InChI is InChI=1S/C47H35N3/c1-3-15-32(16-4-1)39-25-11-12-26-42(39)46-48-45(35-19-5-2-6-20-35)49-47(50-46)43-30-29-36(40-27-13-21-33-17-7-9-23-37(33)40)31-44(43)41-28-14-22-34-18-8-10-24-38(34)41/h1-31,46-47,50H,(H,48,49). The summed E-state index contributed by atoms with van der Waals surface area (Å²) >= 11 is 0. The summed E-state index contributed by atoms with van der Waals surface area (Å²) in [6.45, 7) is 0. The van der Waals surface area contributed by atoms with E-state index in [0.717, 1.165) is 22.5 Å². The molecule has 238 valence electrons. The Morgan fingerprint density at radius 2 is 0.940 bits per heavy atom. The molecule has 0 amide bonds. The van der Waals surface area contributed by atoms with Crippen molar-refractivity contribution in [2.75, 3.05) is 0 Å². The normalized spacial score (nSPS) is 15.8. The van der Waals surface area contributed by atoms with Crippen molar-refractivity contribution < 1.29 is 0 Å². The van der Waals surface area contributed by atoms with Crippen molar-refractivity contribution in [3.05, 3.63) is 205 Å². The fourth-order valence-electron chi connectivity index (χ4n) is 7.38. The van der Waals surface area contributed by atoms with Crippen molar-refractivity contribution in [3.63, 3.8) is 0 Å². The molecule has 8 aromatic rings. The third kappa shape index (κ3) is 5.54. The Bertz CT molecular complexity index is 2490. The zero-order valence-corrected chi connectivity index (χ0v) is 27.5. The molecule has 1 aliphatic rings. The number of rotatable bonds is 6. The van der Waals surface area contributed by atoms with Crippen molar-refractivity contribution >= 4 is 27.4 Å². The van der Waals surface area contributed by atoms with Crippen LogP contribution in [0.25, 0.3) is 54.9 Å². The molecule has 2 N–H and O–H groups in total. The molecule has 3 nitrogen and oxygen atoms in total. The zero-order chi connectivity index (χ0) is 33.3. The first kappa shape index (κ1) is 29.8. The van der Waals surface area contributed by atoms with Crippen molar-refractivity contribution in [2.24, 2.45) is 4.99 Å².